The molecule has 1 aliphatic carbocycles. The number of sulfonamides is 1. The van der Waals surface area contributed by atoms with Crippen molar-refractivity contribution in [3.63, 3.8) is 0 Å². The van der Waals surface area contributed by atoms with E-state index in [1.165, 1.54) is 18.2 Å². The Bertz CT molecular complexity index is 1220. The van der Waals surface area contributed by atoms with E-state index >= 15 is 0 Å². The summed E-state index contributed by atoms with van der Waals surface area (Å²) in [6.45, 7) is -0.167. The molecule has 2 heterocycles. The Hall–Kier alpha value is -2.44. The van der Waals surface area contributed by atoms with Gasteiger partial charge in [0.15, 0.2) is 6.04 Å². The molecular formula is C22H23ClF4N4O3S. The average Bonchev–Trinajstić information content (AvgIpc) is 3.16. The van der Waals surface area contributed by atoms with E-state index in [1.807, 2.05) is 0 Å². The van der Waals surface area contributed by atoms with Crippen molar-refractivity contribution in [3.05, 3.63) is 58.0 Å². The fourth-order valence-corrected chi connectivity index (χ4v) is 5.57. The van der Waals surface area contributed by atoms with Crippen molar-refractivity contribution >= 4 is 33.3 Å². The zero-order valence-electron chi connectivity index (χ0n) is 18.6. The van der Waals surface area contributed by atoms with Crippen molar-refractivity contribution in [2.45, 2.75) is 50.0 Å². The fraction of sp³-hybridized carbons (Fsp3) is 0.455. The number of rotatable bonds is 6. The van der Waals surface area contributed by atoms with Crippen LogP contribution in [0.4, 0.5) is 23.4 Å². The van der Waals surface area contributed by atoms with Crippen LogP contribution in [0.15, 0.2) is 30.5 Å². The maximum atomic E-state index is 14.2. The van der Waals surface area contributed by atoms with Gasteiger partial charge in [-0.25, -0.2) is 22.5 Å². The number of nitrogens with one attached hydrogen (secondary N) is 2. The summed E-state index contributed by atoms with van der Waals surface area (Å²) >= 11 is 5.84. The fourth-order valence-electron chi connectivity index (χ4n) is 4.66. The van der Waals surface area contributed by atoms with Gasteiger partial charge in [0.1, 0.15) is 17.7 Å². The van der Waals surface area contributed by atoms with Gasteiger partial charge in [-0.1, -0.05) is 23.7 Å². The van der Waals surface area contributed by atoms with E-state index < -0.39 is 40.0 Å². The first-order valence-corrected chi connectivity index (χ1v) is 13.1. The number of hydrogen-bond donors (Lipinski definition) is 2. The quantitative estimate of drug-likeness (QED) is 0.553. The standard InChI is InChI=1S/C22H23ClF4N4O3S/c1-35(33,34)30-17-3-2-8-31(21(17)32)20(22(25,26)27)13-5-7-18(28-11-13)29-14-9-12-4-6-16(23)19(24)15(12)10-14/h4-7,11,14,17,20,30H,2-3,8-10H2,1H3,(H,28,29)/t14?,17-,20?/m0/s1. The average molecular weight is 535 g/mol. The van der Waals surface area contributed by atoms with Crippen LogP contribution in [0, 0.1) is 5.82 Å². The van der Waals surface area contributed by atoms with Crippen LogP contribution in [-0.4, -0.2) is 55.3 Å². The number of hydrogen-bond acceptors (Lipinski definition) is 5. The zero-order chi connectivity index (χ0) is 25.5. The maximum absolute atomic E-state index is 14.2. The summed E-state index contributed by atoms with van der Waals surface area (Å²) in [7, 11) is -3.78. The summed E-state index contributed by atoms with van der Waals surface area (Å²) in [6.07, 6.45) is -1.72. The Morgan fingerprint density at radius 3 is 2.57 bits per heavy atom. The number of pyridine rings is 1. The molecule has 1 aromatic carbocycles. The van der Waals surface area contributed by atoms with E-state index in [2.05, 4.69) is 15.0 Å². The number of anilines is 1. The molecule has 2 aromatic rings. The van der Waals surface area contributed by atoms with Crippen LogP contribution in [0.1, 0.15) is 35.6 Å². The number of piperidine rings is 1. The van der Waals surface area contributed by atoms with Crippen molar-refractivity contribution < 1.29 is 30.8 Å². The number of nitrogens with zero attached hydrogens (tertiary/aromatic N) is 2. The molecular weight excluding hydrogens is 512 g/mol. The Kier molecular flexibility index (Phi) is 7.00. The molecule has 0 saturated carbocycles. The summed E-state index contributed by atoms with van der Waals surface area (Å²) in [4.78, 5) is 17.5. The van der Waals surface area contributed by atoms with Gasteiger partial charge in [-0.05, 0) is 48.9 Å². The molecule has 1 aliphatic heterocycles. The van der Waals surface area contributed by atoms with E-state index in [-0.39, 0.29) is 36.0 Å². The maximum Gasteiger partial charge on any atom is 0.413 e. The Labute approximate surface area is 204 Å². The first-order valence-electron chi connectivity index (χ1n) is 10.9. The third-order valence-electron chi connectivity index (χ3n) is 6.12. The Morgan fingerprint density at radius 1 is 1.20 bits per heavy atom. The molecule has 35 heavy (non-hydrogen) atoms. The third kappa shape index (κ3) is 5.70. The molecule has 2 aliphatic rings. The smallest absolute Gasteiger partial charge is 0.367 e. The molecule has 1 amide bonds. The second-order valence-electron chi connectivity index (χ2n) is 8.79. The van der Waals surface area contributed by atoms with Gasteiger partial charge < -0.3 is 10.2 Å². The number of halogens is 5. The van der Waals surface area contributed by atoms with E-state index in [0.29, 0.717) is 29.1 Å². The molecule has 3 atom stereocenters. The first-order chi connectivity index (χ1) is 16.3. The lowest BCUT2D eigenvalue weighted by Crippen LogP contribution is -2.55. The number of carbonyl (C=O) groups is 1. The third-order valence-corrected chi connectivity index (χ3v) is 7.12. The second kappa shape index (κ2) is 9.55. The molecule has 2 unspecified atom stereocenters. The van der Waals surface area contributed by atoms with E-state index in [4.69, 9.17) is 11.6 Å². The molecule has 190 valence electrons. The Balaban J connectivity index is 1.51. The molecule has 0 radical (unpaired) electrons. The second-order valence-corrected chi connectivity index (χ2v) is 11.0. The molecule has 13 heteroatoms. The highest BCUT2D eigenvalue weighted by atomic mass is 35.5. The number of alkyl halides is 3. The SMILES string of the molecule is CS(=O)(=O)N[C@H]1CCCN(C(c2ccc(NC3Cc4ccc(Cl)c(F)c4C3)nc2)C(F)(F)F)C1=O. The van der Waals surface area contributed by atoms with Gasteiger partial charge in [-0.2, -0.15) is 13.2 Å². The van der Waals surface area contributed by atoms with E-state index in [9.17, 15) is 30.8 Å². The van der Waals surface area contributed by atoms with E-state index in [0.717, 1.165) is 18.0 Å². The van der Waals surface area contributed by atoms with Crippen molar-refractivity contribution in [2.24, 2.45) is 0 Å². The molecule has 4 rings (SSSR count). The van der Waals surface area contributed by atoms with Crippen LogP contribution < -0.4 is 10.0 Å². The minimum Gasteiger partial charge on any atom is -0.367 e. The summed E-state index contributed by atoms with van der Waals surface area (Å²) in [5, 5.41) is 3.13. The van der Waals surface area contributed by atoms with Crippen LogP contribution in [0.2, 0.25) is 5.02 Å². The normalized spacial score (nSPS) is 21.7. The van der Waals surface area contributed by atoms with Gasteiger partial charge in [0.05, 0.1) is 11.3 Å². The highest BCUT2D eigenvalue weighted by molar-refractivity contribution is 7.88. The summed E-state index contributed by atoms with van der Waals surface area (Å²) < 4.78 is 81.6. The molecule has 2 N–H and O–H groups in total. The van der Waals surface area contributed by atoms with Gasteiger partial charge in [0, 0.05) is 24.3 Å². The van der Waals surface area contributed by atoms with E-state index in [1.54, 1.807) is 6.07 Å². The van der Waals surface area contributed by atoms with Crippen LogP contribution in [0.25, 0.3) is 0 Å². The number of fused-ring (bicyclic) bond motifs is 1. The van der Waals surface area contributed by atoms with Crippen molar-refractivity contribution in [3.8, 4) is 0 Å². The highest BCUT2D eigenvalue weighted by Crippen LogP contribution is 2.39. The van der Waals surface area contributed by atoms with Crippen molar-refractivity contribution in [2.75, 3.05) is 18.1 Å². The van der Waals surface area contributed by atoms with Crippen LogP contribution in [0.3, 0.4) is 0 Å². The zero-order valence-corrected chi connectivity index (χ0v) is 20.1. The molecule has 0 spiro atoms. The van der Waals surface area contributed by atoms with Crippen molar-refractivity contribution in [1.82, 2.24) is 14.6 Å². The monoisotopic (exact) mass is 534 g/mol. The Morgan fingerprint density at radius 2 is 1.94 bits per heavy atom. The van der Waals surface area contributed by atoms with Gasteiger partial charge in [0.25, 0.3) is 0 Å². The number of aromatic nitrogens is 1. The number of carbonyl (C=O) groups excluding carboxylic acids is 1. The minimum absolute atomic E-state index is 0.0336. The summed E-state index contributed by atoms with van der Waals surface area (Å²) in [5.41, 5.74) is 1.06. The molecule has 1 fully saturated rings. The number of amides is 1. The molecule has 7 nitrogen and oxygen atoms in total. The topological polar surface area (TPSA) is 91.4 Å². The van der Waals surface area contributed by atoms with Gasteiger partial charge in [-0.15, -0.1) is 0 Å². The van der Waals surface area contributed by atoms with Crippen molar-refractivity contribution in [1.29, 1.82) is 0 Å². The van der Waals surface area contributed by atoms with Crippen LogP contribution in [-0.2, 0) is 27.7 Å². The lowest BCUT2D eigenvalue weighted by atomic mass is 9.99. The predicted octanol–water partition coefficient (Wildman–Crippen LogP) is 3.60. The summed E-state index contributed by atoms with van der Waals surface area (Å²) in [6, 6.07) is 2.10. The number of benzene rings is 1. The molecule has 1 aromatic heterocycles. The minimum atomic E-state index is -4.80. The van der Waals surface area contributed by atoms with Crippen LogP contribution >= 0.6 is 11.6 Å². The van der Waals surface area contributed by atoms with Gasteiger partial charge in [0.2, 0.25) is 15.9 Å². The van der Waals surface area contributed by atoms with Gasteiger partial charge in [-0.3, -0.25) is 4.79 Å². The lowest BCUT2D eigenvalue weighted by molar-refractivity contribution is -0.195. The largest absolute Gasteiger partial charge is 0.413 e. The molecule has 1 saturated heterocycles. The molecule has 0 bridgehead atoms. The van der Waals surface area contributed by atoms with Crippen LogP contribution in [0.5, 0.6) is 0 Å². The lowest BCUT2D eigenvalue weighted by Gasteiger charge is -2.38. The first kappa shape index (κ1) is 25.6. The van der Waals surface area contributed by atoms with Gasteiger partial charge >= 0.3 is 6.18 Å². The number of likely N-dealkylation sites (tertiary alicyclic amines) is 1. The highest BCUT2D eigenvalue weighted by Gasteiger charge is 2.49. The predicted molar refractivity (Wildman–Crippen MR) is 122 cm³/mol. The summed E-state index contributed by atoms with van der Waals surface area (Å²) in [5.74, 6) is -1.10.